The molecule has 0 aliphatic rings. The van der Waals surface area contributed by atoms with E-state index in [-0.39, 0.29) is 24.4 Å². The van der Waals surface area contributed by atoms with Crippen molar-refractivity contribution in [1.82, 2.24) is 15.5 Å². The number of halogens is 3. The van der Waals surface area contributed by atoms with Gasteiger partial charge in [0, 0.05) is 25.6 Å². The van der Waals surface area contributed by atoms with Gasteiger partial charge in [-0.15, -0.1) is 0 Å². The van der Waals surface area contributed by atoms with E-state index >= 15 is 0 Å². The van der Waals surface area contributed by atoms with Gasteiger partial charge >= 0.3 is 6.18 Å². The van der Waals surface area contributed by atoms with Crippen molar-refractivity contribution < 1.29 is 22.8 Å². The molecule has 0 fully saturated rings. The second kappa shape index (κ2) is 7.47. The number of rotatable bonds is 6. The molecule has 20 heavy (non-hydrogen) atoms. The van der Waals surface area contributed by atoms with E-state index in [9.17, 15) is 22.8 Å². The molecule has 8 heteroatoms. The molecule has 0 radical (unpaired) electrons. The molecule has 0 aromatic heterocycles. The van der Waals surface area contributed by atoms with Gasteiger partial charge in [0.2, 0.25) is 11.8 Å². The highest BCUT2D eigenvalue weighted by molar-refractivity contribution is 5.84. The molecular weight excluding hydrogens is 275 g/mol. The number of carbonyl (C=O) groups is 2. The zero-order chi connectivity index (χ0) is 16.0. The minimum Gasteiger partial charge on any atom is -0.345 e. The number of nitrogens with zero attached hydrogens (tertiary/aromatic N) is 1. The molecule has 0 saturated heterocycles. The number of likely N-dealkylation sites (N-methyl/N-ethyl adjacent to an activating group) is 1. The molecule has 5 nitrogen and oxygen atoms in total. The van der Waals surface area contributed by atoms with Crippen LogP contribution in [0.5, 0.6) is 0 Å². The van der Waals surface area contributed by atoms with E-state index in [4.69, 9.17) is 0 Å². The first-order valence-electron chi connectivity index (χ1n) is 6.23. The van der Waals surface area contributed by atoms with Crippen LogP contribution in [0.2, 0.25) is 0 Å². The summed E-state index contributed by atoms with van der Waals surface area (Å²) < 4.78 is 35.7. The van der Waals surface area contributed by atoms with E-state index < -0.39 is 18.6 Å². The van der Waals surface area contributed by atoms with Crippen molar-refractivity contribution in [2.45, 2.75) is 38.9 Å². The largest absolute Gasteiger partial charge is 0.405 e. The molecule has 0 heterocycles. The third kappa shape index (κ3) is 10.6. The van der Waals surface area contributed by atoms with Crippen molar-refractivity contribution in [2.75, 3.05) is 26.7 Å². The van der Waals surface area contributed by atoms with Crippen molar-refractivity contribution in [2.24, 2.45) is 0 Å². The van der Waals surface area contributed by atoms with Crippen molar-refractivity contribution in [1.29, 1.82) is 0 Å². The summed E-state index contributed by atoms with van der Waals surface area (Å²) in [6.07, 6.45) is -4.27. The Morgan fingerprint density at radius 1 is 1.15 bits per heavy atom. The Morgan fingerprint density at radius 2 is 1.70 bits per heavy atom. The average molecular weight is 297 g/mol. The van der Waals surface area contributed by atoms with Crippen LogP contribution in [0.3, 0.4) is 0 Å². The maximum absolute atomic E-state index is 11.9. The Balaban J connectivity index is 3.98. The minimum atomic E-state index is -4.45. The zero-order valence-corrected chi connectivity index (χ0v) is 12.2. The standard InChI is InChI=1S/C12H22F3N3O2/c1-11(2,3)17-6-5-10(20)18(4)7-9(19)16-8-12(13,14)15/h17H,5-8H2,1-4H3,(H,16,19). The van der Waals surface area contributed by atoms with E-state index in [2.05, 4.69) is 5.32 Å². The molecule has 0 aromatic carbocycles. The van der Waals surface area contributed by atoms with Crippen molar-refractivity contribution in [3.63, 3.8) is 0 Å². The van der Waals surface area contributed by atoms with Gasteiger partial charge in [0.05, 0.1) is 6.54 Å². The molecule has 118 valence electrons. The summed E-state index contributed by atoms with van der Waals surface area (Å²) in [4.78, 5) is 24.0. The fourth-order valence-corrected chi connectivity index (χ4v) is 1.29. The number of nitrogens with one attached hydrogen (secondary N) is 2. The normalized spacial score (nSPS) is 12.2. The van der Waals surface area contributed by atoms with Crippen LogP contribution in [0.15, 0.2) is 0 Å². The molecule has 0 aliphatic carbocycles. The topological polar surface area (TPSA) is 61.4 Å². The van der Waals surface area contributed by atoms with Gasteiger partial charge in [-0.3, -0.25) is 9.59 Å². The van der Waals surface area contributed by atoms with Crippen LogP contribution < -0.4 is 10.6 Å². The van der Waals surface area contributed by atoms with Crippen LogP contribution in [-0.2, 0) is 9.59 Å². The molecule has 0 saturated carbocycles. The summed E-state index contributed by atoms with van der Waals surface area (Å²) in [6, 6.07) is 0. The van der Waals surface area contributed by atoms with Gasteiger partial charge in [-0.05, 0) is 20.8 Å². The number of alkyl halides is 3. The molecule has 2 amide bonds. The first-order chi connectivity index (χ1) is 8.91. The van der Waals surface area contributed by atoms with Crippen LogP contribution >= 0.6 is 0 Å². The molecule has 0 rings (SSSR count). The van der Waals surface area contributed by atoms with Crippen molar-refractivity contribution in [3.8, 4) is 0 Å². The highest BCUT2D eigenvalue weighted by atomic mass is 19.4. The zero-order valence-electron chi connectivity index (χ0n) is 12.2. The first kappa shape index (κ1) is 18.7. The number of carbonyl (C=O) groups excluding carboxylic acids is 2. The lowest BCUT2D eigenvalue weighted by Gasteiger charge is -2.22. The summed E-state index contributed by atoms with van der Waals surface area (Å²) >= 11 is 0. The molecule has 0 spiro atoms. The van der Waals surface area contributed by atoms with Crippen LogP contribution in [0.25, 0.3) is 0 Å². The molecular formula is C12H22F3N3O2. The maximum Gasteiger partial charge on any atom is 0.405 e. The summed E-state index contributed by atoms with van der Waals surface area (Å²) in [5.74, 6) is -1.13. The molecule has 0 aliphatic heterocycles. The average Bonchev–Trinajstić information content (AvgIpc) is 2.23. The first-order valence-corrected chi connectivity index (χ1v) is 6.23. The Hall–Kier alpha value is -1.31. The molecule has 0 atom stereocenters. The molecule has 2 N–H and O–H groups in total. The van der Waals surface area contributed by atoms with E-state index in [1.165, 1.54) is 7.05 Å². The second-order valence-corrected chi connectivity index (χ2v) is 5.57. The summed E-state index contributed by atoms with van der Waals surface area (Å²) in [5, 5.41) is 4.82. The predicted molar refractivity (Wildman–Crippen MR) is 69.1 cm³/mol. The van der Waals surface area contributed by atoms with Gasteiger partial charge in [-0.25, -0.2) is 0 Å². The monoisotopic (exact) mass is 297 g/mol. The summed E-state index contributed by atoms with van der Waals surface area (Å²) in [7, 11) is 1.38. The lowest BCUT2D eigenvalue weighted by atomic mass is 10.1. The Morgan fingerprint density at radius 3 is 2.15 bits per heavy atom. The maximum atomic E-state index is 11.9. The van der Waals surface area contributed by atoms with Crippen LogP contribution in [0, 0.1) is 0 Å². The summed E-state index contributed by atoms with van der Waals surface area (Å²) in [6.45, 7) is 4.52. The van der Waals surface area contributed by atoms with Crippen LogP contribution in [-0.4, -0.2) is 55.1 Å². The van der Waals surface area contributed by atoms with Gasteiger partial charge < -0.3 is 15.5 Å². The Bertz CT molecular complexity index is 338. The number of amides is 2. The Labute approximate surface area is 116 Å². The van der Waals surface area contributed by atoms with E-state index in [1.54, 1.807) is 5.32 Å². The SMILES string of the molecule is CN(CC(=O)NCC(F)(F)F)C(=O)CCNC(C)(C)C. The van der Waals surface area contributed by atoms with Gasteiger partial charge in [-0.1, -0.05) is 0 Å². The Kier molecular flexibility index (Phi) is 6.98. The highest BCUT2D eigenvalue weighted by Gasteiger charge is 2.28. The lowest BCUT2D eigenvalue weighted by Crippen LogP contribution is -2.43. The van der Waals surface area contributed by atoms with Gasteiger partial charge in [0.15, 0.2) is 0 Å². The van der Waals surface area contributed by atoms with Gasteiger partial charge in [0.1, 0.15) is 6.54 Å². The van der Waals surface area contributed by atoms with Gasteiger partial charge in [-0.2, -0.15) is 13.2 Å². The van der Waals surface area contributed by atoms with E-state index in [0.29, 0.717) is 6.54 Å². The third-order valence-corrected chi connectivity index (χ3v) is 2.29. The smallest absolute Gasteiger partial charge is 0.345 e. The number of hydrogen-bond acceptors (Lipinski definition) is 3. The summed E-state index contributed by atoms with van der Waals surface area (Å²) in [5.41, 5.74) is -0.122. The van der Waals surface area contributed by atoms with Gasteiger partial charge in [0.25, 0.3) is 0 Å². The second-order valence-electron chi connectivity index (χ2n) is 5.57. The fraction of sp³-hybridized carbons (Fsp3) is 0.833. The molecule has 0 unspecified atom stereocenters. The van der Waals surface area contributed by atoms with Crippen molar-refractivity contribution >= 4 is 11.8 Å². The minimum absolute atomic E-state index is 0.122. The molecule has 0 aromatic rings. The third-order valence-electron chi connectivity index (χ3n) is 2.29. The van der Waals surface area contributed by atoms with E-state index in [1.807, 2.05) is 20.8 Å². The lowest BCUT2D eigenvalue weighted by molar-refractivity contribution is -0.141. The molecule has 0 bridgehead atoms. The van der Waals surface area contributed by atoms with Crippen LogP contribution in [0.4, 0.5) is 13.2 Å². The predicted octanol–water partition coefficient (Wildman–Crippen LogP) is 0.901. The van der Waals surface area contributed by atoms with Crippen molar-refractivity contribution in [3.05, 3.63) is 0 Å². The van der Waals surface area contributed by atoms with Crippen LogP contribution in [0.1, 0.15) is 27.2 Å². The highest BCUT2D eigenvalue weighted by Crippen LogP contribution is 2.11. The fourth-order valence-electron chi connectivity index (χ4n) is 1.29. The quantitative estimate of drug-likeness (QED) is 0.766. The number of hydrogen-bond donors (Lipinski definition) is 2. The van der Waals surface area contributed by atoms with E-state index in [0.717, 1.165) is 4.90 Å².